The zero-order valence-corrected chi connectivity index (χ0v) is 47.8. The molecule has 1 aliphatic heterocycles. The number of aryl methyl sites for hydroxylation is 1. The van der Waals surface area contributed by atoms with Crippen molar-refractivity contribution in [3.8, 4) is 0 Å². The molecule has 1 unspecified atom stereocenters. The number of carbonyl (C=O) groups is 5. The van der Waals surface area contributed by atoms with E-state index in [-0.39, 0.29) is 102 Å². The minimum absolute atomic E-state index is 0.00451. The highest BCUT2D eigenvalue weighted by molar-refractivity contribution is 7.81. The van der Waals surface area contributed by atoms with E-state index >= 15 is 0 Å². The van der Waals surface area contributed by atoms with Gasteiger partial charge in [0.25, 0.3) is 0 Å². The van der Waals surface area contributed by atoms with Crippen LogP contribution in [0.3, 0.4) is 0 Å². The number of amides is 1. The topological polar surface area (TPSA) is 160 Å². The predicted octanol–water partition coefficient (Wildman–Crippen LogP) is 5.74. The molecule has 0 spiro atoms. The molecule has 0 bridgehead atoms. The van der Waals surface area contributed by atoms with E-state index in [4.69, 9.17) is 36.3 Å². The quantitative estimate of drug-likeness (QED) is 0.0527. The average Bonchev–Trinajstić information content (AvgIpc) is 3.30. The molecule has 1 aromatic rings. The Morgan fingerprint density at radius 2 is 1.07 bits per heavy atom. The molecule has 0 radical (unpaired) electrons. The van der Waals surface area contributed by atoms with Crippen LogP contribution in [-0.2, 0) is 60.5 Å². The summed E-state index contributed by atoms with van der Waals surface area (Å²) in [6.45, 7) is 34.4. The Bertz CT molecular complexity index is 1730. The van der Waals surface area contributed by atoms with Gasteiger partial charge in [0.05, 0.1) is 65.8 Å². The highest BCUT2D eigenvalue weighted by Gasteiger charge is 2.30. The van der Waals surface area contributed by atoms with E-state index in [0.717, 1.165) is 24.2 Å². The number of benzene rings is 1. The van der Waals surface area contributed by atoms with E-state index in [1.807, 2.05) is 77.0 Å². The fourth-order valence-electron chi connectivity index (χ4n) is 8.00. The van der Waals surface area contributed by atoms with Gasteiger partial charge in [-0.05, 0) is 68.0 Å². The van der Waals surface area contributed by atoms with Crippen LogP contribution in [-0.4, -0.2) is 203 Å². The Labute approximate surface area is 440 Å². The molecule has 17 heteroatoms. The SMILES string of the molecule is CCNCC(C)(S)COCC(C)(C)CN(CC)C(=O)CCc1ccc(C[C@H]2CN(CC(=O)OCC(C)C)CCN(CC(=O)OCC(C)C)CCN(CC(=O)OCC(C)C)CCN2CC(=O)OCC(C)C)cc1. The van der Waals surface area contributed by atoms with Crippen molar-refractivity contribution in [3.63, 3.8) is 0 Å². The molecule has 0 aliphatic carbocycles. The Hall–Kier alpha value is -3.32. The van der Waals surface area contributed by atoms with Crippen molar-refractivity contribution in [2.24, 2.45) is 29.1 Å². The molecule has 1 heterocycles. The molecule has 1 saturated heterocycles. The Morgan fingerprint density at radius 3 is 1.53 bits per heavy atom. The Kier molecular flexibility index (Phi) is 30.9. The van der Waals surface area contributed by atoms with E-state index in [9.17, 15) is 24.0 Å². The maximum Gasteiger partial charge on any atom is 0.320 e. The summed E-state index contributed by atoms with van der Waals surface area (Å²) in [5, 5.41) is 3.33. The van der Waals surface area contributed by atoms with Crippen LogP contribution in [0.4, 0.5) is 0 Å². The van der Waals surface area contributed by atoms with Gasteiger partial charge in [0.1, 0.15) is 0 Å². The number of nitrogens with zero attached hydrogens (tertiary/aromatic N) is 5. The highest BCUT2D eigenvalue weighted by Crippen LogP contribution is 2.22. The number of rotatable bonds is 31. The molecule has 1 aliphatic rings. The maximum atomic E-state index is 13.7. The van der Waals surface area contributed by atoms with Crippen LogP contribution >= 0.6 is 12.6 Å². The third kappa shape index (κ3) is 29.5. The van der Waals surface area contributed by atoms with E-state index < -0.39 is 0 Å². The molecule has 0 aromatic heterocycles. The van der Waals surface area contributed by atoms with Gasteiger partial charge in [-0.3, -0.25) is 43.6 Å². The second-order valence-electron chi connectivity index (χ2n) is 22.6. The smallest absolute Gasteiger partial charge is 0.320 e. The number of nitrogens with one attached hydrogen (secondary N) is 1. The minimum atomic E-state index is -0.352. The molecule has 1 N–H and O–H groups in total. The summed E-state index contributed by atoms with van der Waals surface area (Å²) in [5.41, 5.74) is 1.81. The fourth-order valence-corrected chi connectivity index (χ4v) is 8.20. The van der Waals surface area contributed by atoms with Crippen LogP contribution in [0.1, 0.15) is 108 Å². The Balaban J connectivity index is 2.46. The summed E-state index contributed by atoms with van der Waals surface area (Å²) in [6, 6.07) is 8.00. The van der Waals surface area contributed by atoms with Gasteiger partial charge in [0.2, 0.25) is 5.91 Å². The first-order chi connectivity index (χ1) is 33.9. The van der Waals surface area contributed by atoms with Crippen molar-refractivity contribution in [2.75, 3.05) is 138 Å². The number of hydrogen-bond donors (Lipinski definition) is 2. The monoisotopic (exact) mass is 1030 g/mol. The molecule has 1 aromatic carbocycles. The second kappa shape index (κ2) is 34.3. The third-order valence-electron chi connectivity index (χ3n) is 12.0. The lowest BCUT2D eigenvalue weighted by Crippen LogP contribution is -2.53. The number of ether oxygens (including phenoxy) is 5. The first-order valence-corrected chi connectivity index (χ1v) is 27.2. The highest BCUT2D eigenvalue weighted by atomic mass is 32.1. The van der Waals surface area contributed by atoms with E-state index in [0.29, 0.717) is 111 Å². The number of hydrogen-bond acceptors (Lipinski definition) is 16. The van der Waals surface area contributed by atoms with Gasteiger partial charge in [-0.1, -0.05) is 100 Å². The van der Waals surface area contributed by atoms with Crippen molar-refractivity contribution in [2.45, 2.75) is 120 Å². The number of thiol groups is 1. The van der Waals surface area contributed by atoms with Gasteiger partial charge in [-0.2, -0.15) is 12.6 Å². The van der Waals surface area contributed by atoms with Crippen LogP contribution in [0.5, 0.6) is 0 Å². The predicted molar refractivity (Wildman–Crippen MR) is 289 cm³/mol. The number of carbonyl (C=O) groups excluding carboxylic acids is 5. The summed E-state index contributed by atoms with van der Waals surface area (Å²) in [4.78, 5) is 77.3. The van der Waals surface area contributed by atoms with Gasteiger partial charge >= 0.3 is 23.9 Å². The van der Waals surface area contributed by atoms with E-state index in [1.54, 1.807) is 0 Å². The summed E-state index contributed by atoms with van der Waals surface area (Å²) >= 11 is 4.78. The summed E-state index contributed by atoms with van der Waals surface area (Å²) < 4.78 is 28.5. The van der Waals surface area contributed by atoms with Crippen molar-refractivity contribution in [1.29, 1.82) is 0 Å². The zero-order chi connectivity index (χ0) is 53.9. The van der Waals surface area contributed by atoms with Gasteiger partial charge in [-0.15, -0.1) is 0 Å². The van der Waals surface area contributed by atoms with Gasteiger partial charge in [0.15, 0.2) is 0 Å². The normalized spacial score (nSPS) is 17.1. The standard InChI is InChI=1S/C55H98N6O10S/c1-14-56-38-55(13,72)41-67-40-54(11,12)39-60(15-2)49(62)21-20-46-16-18-47(19-17-46)28-48-29-59(32-52(65)70-36-44(7)8)25-24-57(30-50(63)68-34-42(3)4)22-23-58(31-51(64)69-35-43(5)6)26-27-61(48)33-53(66)71-37-45(9)10/h16-19,42-45,48,56,72H,14-15,20-41H2,1-13H3/t48-,55?/m0/s1. The largest absolute Gasteiger partial charge is 0.464 e. The van der Waals surface area contributed by atoms with Gasteiger partial charge in [0, 0.05) is 88.1 Å². The first kappa shape index (κ1) is 64.8. The molecular weight excluding hydrogens is 937 g/mol. The molecule has 2 atom stereocenters. The maximum absolute atomic E-state index is 13.7. The average molecular weight is 1040 g/mol. The van der Waals surface area contributed by atoms with Crippen molar-refractivity contribution in [3.05, 3.63) is 35.4 Å². The molecule has 1 amide bonds. The van der Waals surface area contributed by atoms with Gasteiger partial charge < -0.3 is 33.9 Å². The Morgan fingerprint density at radius 1 is 0.639 bits per heavy atom. The van der Waals surface area contributed by atoms with Gasteiger partial charge in [-0.25, -0.2) is 0 Å². The van der Waals surface area contributed by atoms with Crippen molar-refractivity contribution >= 4 is 42.4 Å². The molecule has 1 fully saturated rings. The summed E-state index contributed by atoms with van der Waals surface area (Å²) in [7, 11) is 0. The first-order valence-electron chi connectivity index (χ1n) is 26.8. The molecule has 72 heavy (non-hydrogen) atoms. The lowest BCUT2D eigenvalue weighted by atomic mass is 9.93. The molecule has 414 valence electrons. The second-order valence-corrected chi connectivity index (χ2v) is 23.7. The fraction of sp³-hybridized carbons (Fsp3) is 0.800. The lowest BCUT2D eigenvalue weighted by molar-refractivity contribution is -0.149. The van der Waals surface area contributed by atoms with E-state index in [1.165, 1.54) is 0 Å². The van der Waals surface area contributed by atoms with Crippen LogP contribution in [0.15, 0.2) is 24.3 Å². The molecule has 16 nitrogen and oxygen atoms in total. The molecular formula is C55H98N6O10S. The molecule has 2 rings (SSSR count). The van der Waals surface area contributed by atoms with Crippen molar-refractivity contribution < 1.29 is 47.7 Å². The lowest BCUT2D eigenvalue weighted by Gasteiger charge is -2.38. The van der Waals surface area contributed by atoms with Crippen LogP contribution in [0.2, 0.25) is 0 Å². The molecule has 0 saturated carbocycles. The summed E-state index contributed by atoms with van der Waals surface area (Å²) in [5.74, 6) is -0.601. The van der Waals surface area contributed by atoms with Crippen LogP contribution in [0.25, 0.3) is 0 Å². The minimum Gasteiger partial charge on any atom is -0.464 e. The zero-order valence-electron chi connectivity index (χ0n) is 46.9. The van der Waals surface area contributed by atoms with Crippen molar-refractivity contribution in [1.82, 2.24) is 29.8 Å². The van der Waals surface area contributed by atoms with Crippen LogP contribution in [0, 0.1) is 29.1 Å². The number of esters is 4. The summed E-state index contributed by atoms with van der Waals surface area (Å²) in [6.07, 6.45) is 1.47. The van der Waals surface area contributed by atoms with E-state index in [2.05, 4.69) is 67.1 Å². The third-order valence-corrected chi connectivity index (χ3v) is 12.3. The van der Waals surface area contributed by atoms with Crippen LogP contribution < -0.4 is 5.32 Å².